The van der Waals surface area contributed by atoms with Crippen LogP contribution in [0, 0.1) is 19.7 Å². The van der Waals surface area contributed by atoms with Crippen molar-refractivity contribution >= 4 is 11.4 Å². The predicted octanol–water partition coefficient (Wildman–Crippen LogP) is 3.68. The minimum Gasteiger partial charge on any atom is -0.397 e. The molecule has 0 spiro atoms. The fourth-order valence-corrected chi connectivity index (χ4v) is 2.11. The molecule has 0 heterocycles. The van der Waals surface area contributed by atoms with Crippen LogP contribution in [-0.2, 0) is 6.42 Å². The van der Waals surface area contributed by atoms with Gasteiger partial charge in [0.1, 0.15) is 5.82 Å². The second-order valence-corrected chi connectivity index (χ2v) is 4.78. The second-order valence-electron chi connectivity index (χ2n) is 4.78. The maximum atomic E-state index is 13.0. The van der Waals surface area contributed by atoms with Crippen LogP contribution >= 0.6 is 0 Å². The number of rotatable bonds is 4. The van der Waals surface area contributed by atoms with E-state index >= 15 is 0 Å². The molecule has 19 heavy (non-hydrogen) atoms. The van der Waals surface area contributed by atoms with Crippen LogP contribution in [0.1, 0.15) is 16.7 Å². The lowest BCUT2D eigenvalue weighted by Gasteiger charge is -2.12. The van der Waals surface area contributed by atoms with Gasteiger partial charge < -0.3 is 11.1 Å². The minimum atomic E-state index is -0.183. The van der Waals surface area contributed by atoms with E-state index in [1.807, 2.05) is 38.1 Å². The van der Waals surface area contributed by atoms with Crippen molar-refractivity contribution in [1.29, 1.82) is 0 Å². The molecule has 0 aromatic heterocycles. The number of nitrogen functional groups attached to an aromatic ring is 1. The van der Waals surface area contributed by atoms with Gasteiger partial charge in [-0.05, 0) is 55.2 Å². The number of hydrogen-bond acceptors (Lipinski definition) is 2. The average Bonchev–Trinajstić information content (AvgIpc) is 2.37. The molecular weight excluding hydrogens is 239 g/mol. The number of benzene rings is 2. The normalized spacial score (nSPS) is 10.5. The monoisotopic (exact) mass is 258 g/mol. The van der Waals surface area contributed by atoms with E-state index in [0.717, 1.165) is 41.0 Å². The first-order chi connectivity index (χ1) is 9.08. The molecule has 100 valence electrons. The molecular formula is C16H19FN2. The van der Waals surface area contributed by atoms with Crippen LogP contribution < -0.4 is 11.1 Å². The predicted molar refractivity (Wildman–Crippen MR) is 78.9 cm³/mol. The summed E-state index contributed by atoms with van der Waals surface area (Å²) in [5, 5.41) is 3.33. The Morgan fingerprint density at radius 2 is 1.89 bits per heavy atom. The fraction of sp³-hybridized carbons (Fsp3) is 0.250. The first kappa shape index (κ1) is 13.4. The van der Waals surface area contributed by atoms with Crippen molar-refractivity contribution in [2.45, 2.75) is 20.3 Å². The Morgan fingerprint density at radius 1 is 1.11 bits per heavy atom. The topological polar surface area (TPSA) is 38.0 Å². The Kier molecular flexibility index (Phi) is 4.05. The summed E-state index contributed by atoms with van der Waals surface area (Å²) in [5.41, 5.74) is 11.0. The number of nitrogens with two attached hydrogens (primary N) is 1. The number of hydrogen-bond donors (Lipinski definition) is 2. The Bertz CT molecular complexity index is 579. The second kappa shape index (κ2) is 5.74. The molecule has 0 saturated carbocycles. The quantitative estimate of drug-likeness (QED) is 0.821. The van der Waals surface area contributed by atoms with Gasteiger partial charge in [0.05, 0.1) is 11.4 Å². The van der Waals surface area contributed by atoms with Gasteiger partial charge in [0.15, 0.2) is 0 Å². The van der Waals surface area contributed by atoms with E-state index in [0.29, 0.717) is 0 Å². The molecule has 3 heteroatoms. The van der Waals surface area contributed by atoms with Gasteiger partial charge in [0, 0.05) is 6.54 Å². The molecule has 0 aliphatic rings. The Labute approximate surface area is 113 Å². The van der Waals surface area contributed by atoms with E-state index in [4.69, 9.17) is 5.73 Å². The number of para-hydroxylation sites is 1. The first-order valence-electron chi connectivity index (χ1n) is 6.42. The zero-order valence-electron chi connectivity index (χ0n) is 11.3. The molecule has 0 aliphatic heterocycles. The standard InChI is InChI=1S/C16H19FN2/c1-11-4-3-5-15(16(11)18)19-9-8-13-6-7-14(17)10-12(13)2/h3-7,10,19H,8-9,18H2,1-2H3. The zero-order valence-corrected chi connectivity index (χ0v) is 11.3. The highest BCUT2D eigenvalue weighted by Crippen LogP contribution is 2.21. The molecule has 0 amide bonds. The maximum Gasteiger partial charge on any atom is 0.123 e. The van der Waals surface area contributed by atoms with Crippen LogP contribution in [0.2, 0.25) is 0 Å². The van der Waals surface area contributed by atoms with Gasteiger partial charge in [0.25, 0.3) is 0 Å². The summed E-state index contributed by atoms with van der Waals surface area (Å²) in [6.45, 7) is 4.70. The fourth-order valence-electron chi connectivity index (χ4n) is 2.11. The van der Waals surface area contributed by atoms with Crippen molar-refractivity contribution in [3.8, 4) is 0 Å². The van der Waals surface area contributed by atoms with Gasteiger partial charge in [0.2, 0.25) is 0 Å². The van der Waals surface area contributed by atoms with Gasteiger partial charge >= 0.3 is 0 Å². The molecule has 0 unspecified atom stereocenters. The maximum absolute atomic E-state index is 13.0. The van der Waals surface area contributed by atoms with Crippen molar-refractivity contribution in [3.05, 3.63) is 58.9 Å². The van der Waals surface area contributed by atoms with Crippen molar-refractivity contribution < 1.29 is 4.39 Å². The molecule has 0 fully saturated rings. The van der Waals surface area contributed by atoms with Crippen LogP contribution in [0.3, 0.4) is 0 Å². The van der Waals surface area contributed by atoms with Crippen LogP contribution in [-0.4, -0.2) is 6.54 Å². The van der Waals surface area contributed by atoms with Gasteiger partial charge in [-0.2, -0.15) is 0 Å². The third-order valence-corrected chi connectivity index (χ3v) is 3.34. The molecule has 2 rings (SSSR count). The number of halogens is 1. The lowest BCUT2D eigenvalue weighted by molar-refractivity contribution is 0.625. The van der Waals surface area contributed by atoms with Gasteiger partial charge in [-0.25, -0.2) is 4.39 Å². The number of anilines is 2. The summed E-state index contributed by atoms with van der Waals surface area (Å²) >= 11 is 0. The summed E-state index contributed by atoms with van der Waals surface area (Å²) in [6.07, 6.45) is 0.847. The molecule has 0 aliphatic carbocycles. The summed E-state index contributed by atoms with van der Waals surface area (Å²) in [4.78, 5) is 0. The van der Waals surface area contributed by atoms with Crippen molar-refractivity contribution in [3.63, 3.8) is 0 Å². The highest BCUT2D eigenvalue weighted by atomic mass is 19.1. The highest BCUT2D eigenvalue weighted by molar-refractivity contribution is 5.69. The smallest absolute Gasteiger partial charge is 0.123 e. The van der Waals surface area contributed by atoms with Crippen molar-refractivity contribution in [1.82, 2.24) is 0 Å². The summed E-state index contributed by atoms with van der Waals surface area (Å²) in [5.74, 6) is -0.183. The van der Waals surface area contributed by atoms with Crippen LogP contribution in [0.15, 0.2) is 36.4 Å². The van der Waals surface area contributed by atoms with Crippen LogP contribution in [0.25, 0.3) is 0 Å². The lowest BCUT2D eigenvalue weighted by Crippen LogP contribution is -2.08. The van der Waals surface area contributed by atoms with E-state index in [9.17, 15) is 4.39 Å². The van der Waals surface area contributed by atoms with Crippen LogP contribution in [0.4, 0.5) is 15.8 Å². The van der Waals surface area contributed by atoms with Gasteiger partial charge in [-0.15, -0.1) is 0 Å². The third kappa shape index (κ3) is 3.25. The summed E-state index contributed by atoms with van der Waals surface area (Å²) < 4.78 is 13.0. The Hall–Kier alpha value is -2.03. The Balaban J connectivity index is 1.98. The molecule has 3 N–H and O–H groups in total. The molecule has 0 bridgehead atoms. The van der Waals surface area contributed by atoms with E-state index in [-0.39, 0.29) is 5.82 Å². The minimum absolute atomic E-state index is 0.183. The molecule has 0 radical (unpaired) electrons. The van der Waals surface area contributed by atoms with E-state index < -0.39 is 0 Å². The zero-order chi connectivity index (χ0) is 13.8. The SMILES string of the molecule is Cc1cc(F)ccc1CCNc1cccc(C)c1N. The summed E-state index contributed by atoms with van der Waals surface area (Å²) in [6, 6.07) is 10.9. The lowest BCUT2D eigenvalue weighted by atomic mass is 10.1. The van der Waals surface area contributed by atoms with Gasteiger partial charge in [-0.3, -0.25) is 0 Å². The average molecular weight is 258 g/mol. The number of nitrogens with one attached hydrogen (secondary N) is 1. The molecule has 2 aromatic carbocycles. The first-order valence-corrected chi connectivity index (χ1v) is 6.42. The highest BCUT2D eigenvalue weighted by Gasteiger charge is 2.02. The number of aryl methyl sites for hydroxylation is 2. The molecule has 0 atom stereocenters. The van der Waals surface area contributed by atoms with Crippen LogP contribution in [0.5, 0.6) is 0 Å². The van der Waals surface area contributed by atoms with Crippen molar-refractivity contribution in [2.24, 2.45) is 0 Å². The van der Waals surface area contributed by atoms with E-state index in [2.05, 4.69) is 5.32 Å². The largest absolute Gasteiger partial charge is 0.397 e. The third-order valence-electron chi connectivity index (χ3n) is 3.34. The Morgan fingerprint density at radius 3 is 2.63 bits per heavy atom. The van der Waals surface area contributed by atoms with E-state index in [1.54, 1.807) is 6.07 Å². The molecule has 2 nitrogen and oxygen atoms in total. The summed E-state index contributed by atoms with van der Waals surface area (Å²) in [7, 11) is 0. The molecule has 2 aromatic rings. The van der Waals surface area contributed by atoms with Crippen molar-refractivity contribution in [2.75, 3.05) is 17.6 Å². The molecule has 0 saturated heterocycles. The van der Waals surface area contributed by atoms with Gasteiger partial charge in [-0.1, -0.05) is 18.2 Å². The van der Waals surface area contributed by atoms with E-state index in [1.165, 1.54) is 6.07 Å².